The Kier molecular flexibility index (Phi) is 5.67. The highest BCUT2D eigenvalue weighted by molar-refractivity contribution is 6.37. The van der Waals surface area contributed by atoms with Crippen LogP contribution < -0.4 is 5.01 Å². The average Bonchev–Trinajstić information content (AvgIpc) is 2.99. The minimum atomic E-state index is -4.62. The number of hydrogen-bond donors (Lipinski definition) is 0. The van der Waals surface area contributed by atoms with Crippen LogP contribution in [0.25, 0.3) is 5.70 Å². The van der Waals surface area contributed by atoms with E-state index in [-0.39, 0.29) is 15.7 Å². The highest BCUT2D eigenvalue weighted by Crippen LogP contribution is 2.47. The first kappa shape index (κ1) is 21.3. The number of rotatable bonds is 2. The third-order valence-corrected chi connectivity index (χ3v) is 5.15. The highest BCUT2D eigenvalue weighted by Gasteiger charge is 2.42. The smallest absolute Gasteiger partial charge is 0.271 e. The molecule has 2 aromatic carbocycles. The van der Waals surface area contributed by atoms with E-state index in [1.165, 1.54) is 11.1 Å². The first-order valence-corrected chi connectivity index (χ1v) is 9.63. The molecule has 0 bridgehead atoms. The molecule has 0 unspecified atom stereocenters. The van der Waals surface area contributed by atoms with Gasteiger partial charge in [-0.3, -0.25) is 5.01 Å². The van der Waals surface area contributed by atoms with Gasteiger partial charge in [-0.05, 0) is 56.7 Å². The number of benzene rings is 2. The maximum atomic E-state index is 13.9. The standard InChI is InChI=1S/C20H18Cl3F3N2/c1-19(2,3)27-9-8-17(12-4-6-13(21)7-5-12)28(27)18-15(20(24,25)26)10-14(22)11-16(18)23/h4-8,10-11H,9H2,1-3H3. The lowest BCUT2D eigenvalue weighted by molar-refractivity contribution is -0.137. The van der Waals surface area contributed by atoms with Crippen LogP contribution in [-0.4, -0.2) is 17.1 Å². The van der Waals surface area contributed by atoms with Crippen molar-refractivity contribution < 1.29 is 13.2 Å². The van der Waals surface area contributed by atoms with E-state index in [1.807, 2.05) is 31.9 Å². The SMILES string of the molecule is CC(C)(C)N1CC=C(c2ccc(Cl)cc2)N1c1c(Cl)cc(Cl)cc1C(F)(F)F. The summed E-state index contributed by atoms with van der Waals surface area (Å²) in [6, 6.07) is 9.16. The molecule has 0 saturated heterocycles. The Balaban J connectivity index is 2.25. The minimum Gasteiger partial charge on any atom is -0.271 e. The molecule has 0 amide bonds. The van der Waals surface area contributed by atoms with Crippen molar-refractivity contribution in [2.75, 3.05) is 11.6 Å². The average molecular weight is 450 g/mol. The second-order valence-electron chi connectivity index (χ2n) is 7.44. The number of alkyl halides is 3. The van der Waals surface area contributed by atoms with Gasteiger partial charge in [0.25, 0.3) is 0 Å². The zero-order valence-corrected chi connectivity index (χ0v) is 17.7. The summed E-state index contributed by atoms with van der Waals surface area (Å²) in [7, 11) is 0. The quantitative estimate of drug-likeness (QED) is 0.467. The highest BCUT2D eigenvalue weighted by atomic mass is 35.5. The topological polar surface area (TPSA) is 6.48 Å². The van der Waals surface area contributed by atoms with Crippen LogP contribution >= 0.6 is 34.8 Å². The van der Waals surface area contributed by atoms with Crippen molar-refractivity contribution in [3.05, 3.63) is 68.7 Å². The summed E-state index contributed by atoms with van der Waals surface area (Å²) in [5.41, 5.74) is -0.166. The fourth-order valence-corrected chi connectivity index (χ4v) is 3.84. The minimum absolute atomic E-state index is 0.0698. The Morgan fingerprint density at radius 1 is 0.893 bits per heavy atom. The van der Waals surface area contributed by atoms with Crippen molar-refractivity contribution in [3.63, 3.8) is 0 Å². The van der Waals surface area contributed by atoms with Crippen LogP contribution in [0.5, 0.6) is 0 Å². The number of anilines is 1. The molecule has 1 aliphatic heterocycles. The fraction of sp³-hybridized carbons (Fsp3) is 0.300. The molecule has 0 atom stereocenters. The van der Waals surface area contributed by atoms with Gasteiger partial charge in [0, 0.05) is 22.1 Å². The van der Waals surface area contributed by atoms with Crippen molar-refractivity contribution in [2.24, 2.45) is 0 Å². The van der Waals surface area contributed by atoms with Crippen molar-refractivity contribution in [3.8, 4) is 0 Å². The number of hydrogen-bond acceptors (Lipinski definition) is 2. The van der Waals surface area contributed by atoms with Crippen molar-refractivity contribution in [2.45, 2.75) is 32.5 Å². The lowest BCUT2D eigenvalue weighted by Crippen LogP contribution is -2.50. The number of hydrazine groups is 1. The monoisotopic (exact) mass is 448 g/mol. The van der Waals surface area contributed by atoms with Gasteiger partial charge in [-0.15, -0.1) is 0 Å². The Hall–Kier alpha value is -1.40. The van der Waals surface area contributed by atoms with E-state index in [0.717, 1.165) is 11.6 Å². The van der Waals surface area contributed by atoms with Gasteiger partial charge in [0.15, 0.2) is 0 Å². The van der Waals surface area contributed by atoms with Gasteiger partial charge in [-0.1, -0.05) is 46.9 Å². The van der Waals surface area contributed by atoms with Gasteiger partial charge in [-0.25, -0.2) is 5.01 Å². The third kappa shape index (κ3) is 4.13. The van der Waals surface area contributed by atoms with Crippen LogP contribution in [0.3, 0.4) is 0 Å². The Morgan fingerprint density at radius 2 is 1.50 bits per heavy atom. The van der Waals surface area contributed by atoms with E-state index in [9.17, 15) is 13.2 Å². The Labute approximate surface area is 177 Å². The van der Waals surface area contributed by atoms with Gasteiger partial charge < -0.3 is 0 Å². The Bertz CT molecular complexity index is 916. The Morgan fingerprint density at radius 3 is 2.04 bits per heavy atom. The van der Waals surface area contributed by atoms with E-state index >= 15 is 0 Å². The van der Waals surface area contributed by atoms with E-state index in [0.29, 0.717) is 17.3 Å². The fourth-order valence-electron chi connectivity index (χ4n) is 3.14. The van der Waals surface area contributed by atoms with Crippen molar-refractivity contribution >= 4 is 46.2 Å². The van der Waals surface area contributed by atoms with Crippen molar-refractivity contribution in [1.29, 1.82) is 0 Å². The molecule has 8 heteroatoms. The van der Waals surface area contributed by atoms with Crippen molar-refractivity contribution in [1.82, 2.24) is 5.01 Å². The predicted molar refractivity (Wildman–Crippen MR) is 110 cm³/mol. The third-order valence-electron chi connectivity index (χ3n) is 4.39. The molecule has 0 aliphatic carbocycles. The first-order valence-electron chi connectivity index (χ1n) is 8.49. The predicted octanol–water partition coefficient (Wildman–Crippen LogP) is 7.54. The van der Waals surface area contributed by atoms with E-state index < -0.39 is 17.3 Å². The summed E-state index contributed by atoms with van der Waals surface area (Å²) >= 11 is 18.2. The van der Waals surface area contributed by atoms with Gasteiger partial charge in [-0.2, -0.15) is 13.2 Å². The molecule has 2 nitrogen and oxygen atoms in total. The molecule has 150 valence electrons. The second-order valence-corrected chi connectivity index (χ2v) is 8.72. The molecule has 0 radical (unpaired) electrons. The van der Waals surface area contributed by atoms with Crippen LogP contribution in [0, 0.1) is 0 Å². The van der Waals surface area contributed by atoms with Crippen LogP contribution in [0.2, 0.25) is 15.1 Å². The molecule has 0 N–H and O–H groups in total. The summed E-state index contributed by atoms with van der Waals surface area (Å²) in [6.07, 6.45) is -2.75. The first-order chi connectivity index (χ1) is 12.9. The largest absolute Gasteiger partial charge is 0.418 e. The normalized spacial score (nSPS) is 15.9. The van der Waals surface area contributed by atoms with Gasteiger partial charge in [0.2, 0.25) is 0 Å². The van der Waals surface area contributed by atoms with Gasteiger partial charge >= 0.3 is 6.18 Å². The van der Waals surface area contributed by atoms with Gasteiger partial charge in [0.1, 0.15) is 0 Å². The van der Waals surface area contributed by atoms with Gasteiger partial charge in [0.05, 0.1) is 22.0 Å². The van der Waals surface area contributed by atoms with Crippen LogP contribution in [-0.2, 0) is 6.18 Å². The maximum absolute atomic E-state index is 13.9. The summed E-state index contributed by atoms with van der Waals surface area (Å²) in [4.78, 5) is 0. The van der Waals surface area contributed by atoms with Crippen LogP contribution in [0.15, 0.2) is 42.5 Å². The summed E-state index contributed by atoms with van der Waals surface area (Å²) in [5.74, 6) is 0. The molecule has 1 heterocycles. The summed E-state index contributed by atoms with van der Waals surface area (Å²) < 4.78 is 41.6. The molecule has 0 fully saturated rings. The summed E-state index contributed by atoms with van der Waals surface area (Å²) in [5, 5.41) is 3.77. The van der Waals surface area contributed by atoms with Crippen LogP contribution in [0.4, 0.5) is 18.9 Å². The summed E-state index contributed by atoms with van der Waals surface area (Å²) in [6.45, 7) is 6.21. The molecular formula is C20H18Cl3F3N2. The van der Waals surface area contributed by atoms with E-state index in [4.69, 9.17) is 34.8 Å². The molecule has 3 rings (SSSR count). The molecular weight excluding hydrogens is 432 g/mol. The lowest BCUT2D eigenvalue weighted by atomic mass is 10.1. The second kappa shape index (κ2) is 7.45. The molecule has 1 aliphatic rings. The number of nitrogens with zero attached hydrogens (tertiary/aromatic N) is 2. The number of halogens is 6. The zero-order chi connectivity index (χ0) is 20.9. The molecule has 0 spiro atoms. The van der Waals surface area contributed by atoms with E-state index in [1.54, 1.807) is 24.3 Å². The lowest BCUT2D eigenvalue weighted by Gasteiger charge is -2.42. The molecule has 28 heavy (non-hydrogen) atoms. The zero-order valence-electron chi connectivity index (χ0n) is 15.4. The molecule has 2 aromatic rings. The van der Waals surface area contributed by atoms with Crippen LogP contribution in [0.1, 0.15) is 31.9 Å². The molecule has 0 aromatic heterocycles. The molecule has 0 saturated carbocycles. The van der Waals surface area contributed by atoms with E-state index in [2.05, 4.69) is 0 Å². The maximum Gasteiger partial charge on any atom is 0.418 e.